The van der Waals surface area contributed by atoms with E-state index in [-0.39, 0.29) is 12.3 Å². The molecule has 0 heterocycles. The summed E-state index contributed by atoms with van der Waals surface area (Å²) in [6.07, 6.45) is -27.9. The smallest absolute Gasteiger partial charge is 0.375 e. The number of ether oxygens (including phenoxy) is 3. The van der Waals surface area contributed by atoms with Crippen molar-refractivity contribution in [3.8, 4) is 0 Å². The quantitative estimate of drug-likeness (QED) is 0.241. The van der Waals surface area contributed by atoms with Crippen LogP contribution < -0.4 is 0 Å². The fourth-order valence-electron chi connectivity index (χ4n) is 1.15. The molecular formula is C10H8ClF13O3. The van der Waals surface area contributed by atoms with Gasteiger partial charge in [0, 0.05) is 12.5 Å². The lowest BCUT2D eigenvalue weighted by molar-refractivity contribution is -0.547. The third-order valence-corrected chi connectivity index (χ3v) is 2.64. The molecular weight excluding hydrogens is 451 g/mol. The van der Waals surface area contributed by atoms with Crippen LogP contribution in [0.2, 0.25) is 0 Å². The minimum Gasteiger partial charge on any atom is -0.375 e. The molecule has 0 aromatic rings. The fourth-order valence-corrected chi connectivity index (χ4v) is 1.26. The first-order valence-electron chi connectivity index (χ1n) is 6.22. The molecule has 0 aliphatic carbocycles. The number of hydrogen-bond donors (Lipinski definition) is 0. The molecule has 164 valence electrons. The molecule has 27 heavy (non-hydrogen) atoms. The summed E-state index contributed by atoms with van der Waals surface area (Å²) in [4.78, 5) is 0. The van der Waals surface area contributed by atoms with Crippen LogP contribution in [0.1, 0.15) is 6.42 Å². The Morgan fingerprint density at radius 1 is 0.630 bits per heavy atom. The summed E-state index contributed by atoms with van der Waals surface area (Å²) in [5.74, 6) is -13.1. The highest BCUT2D eigenvalue weighted by atomic mass is 35.5. The van der Waals surface area contributed by atoms with E-state index in [0.717, 1.165) is 0 Å². The van der Waals surface area contributed by atoms with E-state index in [1.165, 1.54) is 4.74 Å². The average molecular weight is 459 g/mol. The molecule has 0 atom stereocenters. The summed E-state index contributed by atoms with van der Waals surface area (Å²) in [5, 5.41) is 0. The highest BCUT2D eigenvalue weighted by Gasteiger charge is 2.78. The lowest BCUT2D eigenvalue weighted by Gasteiger charge is -2.35. The van der Waals surface area contributed by atoms with Crippen LogP contribution in [0.25, 0.3) is 0 Å². The van der Waals surface area contributed by atoms with Crippen molar-refractivity contribution in [3.63, 3.8) is 0 Å². The fraction of sp³-hybridized carbons (Fsp3) is 1.00. The van der Waals surface area contributed by atoms with Gasteiger partial charge in [0.05, 0.1) is 0 Å². The van der Waals surface area contributed by atoms with Crippen LogP contribution in [0, 0.1) is 0 Å². The van der Waals surface area contributed by atoms with Gasteiger partial charge in [-0.1, -0.05) is 0 Å². The van der Waals surface area contributed by atoms with Gasteiger partial charge in [-0.25, -0.2) is 9.47 Å². The van der Waals surface area contributed by atoms with Crippen LogP contribution in [0.4, 0.5) is 57.1 Å². The molecule has 0 saturated carbocycles. The Morgan fingerprint density at radius 3 is 1.48 bits per heavy atom. The molecule has 0 radical (unpaired) electrons. The predicted octanol–water partition coefficient (Wildman–Crippen LogP) is 5.23. The maximum absolute atomic E-state index is 13.2. The van der Waals surface area contributed by atoms with Crippen molar-refractivity contribution >= 4 is 11.6 Å². The summed E-state index contributed by atoms with van der Waals surface area (Å²) < 4.78 is 171. The van der Waals surface area contributed by atoms with E-state index in [4.69, 9.17) is 11.6 Å². The van der Waals surface area contributed by atoms with E-state index >= 15 is 0 Å². The Balaban J connectivity index is 5.45. The second-order valence-electron chi connectivity index (χ2n) is 4.57. The summed E-state index contributed by atoms with van der Waals surface area (Å²) >= 11 is 5.07. The van der Waals surface area contributed by atoms with Crippen molar-refractivity contribution in [2.24, 2.45) is 0 Å². The van der Waals surface area contributed by atoms with E-state index in [1.54, 1.807) is 4.74 Å². The molecule has 0 fully saturated rings. The first-order chi connectivity index (χ1) is 11.7. The average Bonchev–Trinajstić information content (AvgIpc) is 2.39. The van der Waals surface area contributed by atoms with Crippen molar-refractivity contribution in [2.75, 3.05) is 19.1 Å². The van der Waals surface area contributed by atoms with Gasteiger partial charge >= 0.3 is 36.5 Å². The maximum atomic E-state index is 13.2. The Bertz CT molecular complexity index is 479. The largest absolute Gasteiger partial charge is 0.527 e. The van der Waals surface area contributed by atoms with Gasteiger partial charge in [-0.15, -0.1) is 24.8 Å². The van der Waals surface area contributed by atoms with E-state index in [9.17, 15) is 57.1 Å². The van der Waals surface area contributed by atoms with Crippen molar-refractivity contribution in [3.05, 3.63) is 0 Å². The molecule has 0 aromatic carbocycles. The number of hydrogen-bond acceptors (Lipinski definition) is 3. The standard InChI is InChI=1S/C10H8ClF13O3/c11-2-1-3-25-4-5(12,13)6(14,15)7(16,17)26-8(18,19)9(20,21)27-10(22,23)24/h1-4H2. The summed E-state index contributed by atoms with van der Waals surface area (Å²) in [6.45, 7) is -3.26. The van der Waals surface area contributed by atoms with Crippen molar-refractivity contribution < 1.29 is 71.3 Å². The zero-order chi connectivity index (χ0) is 21.9. The number of rotatable bonds is 11. The van der Waals surface area contributed by atoms with Crippen molar-refractivity contribution in [1.82, 2.24) is 0 Å². The molecule has 0 aromatic heterocycles. The zero-order valence-electron chi connectivity index (χ0n) is 12.3. The second kappa shape index (κ2) is 8.32. The Morgan fingerprint density at radius 2 is 1.07 bits per heavy atom. The van der Waals surface area contributed by atoms with Gasteiger partial charge in [-0.05, 0) is 6.42 Å². The van der Waals surface area contributed by atoms with Gasteiger partial charge in [0.2, 0.25) is 0 Å². The topological polar surface area (TPSA) is 27.7 Å². The molecule has 0 unspecified atom stereocenters. The van der Waals surface area contributed by atoms with Gasteiger partial charge in [0.1, 0.15) is 6.61 Å². The van der Waals surface area contributed by atoms with Gasteiger partial charge in [0.25, 0.3) is 0 Å². The van der Waals surface area contributed by atoms with Crippen LogP contribution in [0.15, 0.2) is 0 Å². The maximum Gasteiger partial charge on any atom is 0.527 e. The van der Waals surface area contributed by atoms with Gasteiger partial charge in [0.15, 0.2) is 0 Å². The molecule has 0 amide bonds. The predicted molar refractivity (Wildman–Crippen MR) is 59.1 cm³/mol. The zero-order valence-corrected chi connectivity index (χ0v) is 13.1. The number of halogens is 14. The molecule has 0 spiro atoms. The van der Waals surface area contributed by atoms with Gasteiger partial charge in [-0.3, -0.25) is 0 Å². The Kier molecular flexibility index (Phi) is 8.10. The van der Waals surface area contributed by atoms with Gasteiger partial charge in [-0.2, -0.15) is 43.9 Å². The number of alkyl halides is 14. The van der Waals surface area contributed by atoms with E-state index in [1.807, 2.05) is 0 Å². The lowest BCUT2D eigenvalue weighted by atomic mass is 10.1. The van der Waals surface area contributed by atoms with Crippen molar-refractivity contribution in [1.29, 1.82) is 0 Å². The van der Waals surface area contributed by atoms with Crippen LogP contribution >= 0.6 is 11.6 Å². The summed E-state index contributed by atoms with van der Waals surface area (Å²) in [7, 11) is 0. The summed E-state index contributed by atoms with van der Waals surface area (Å²) in [6, 6.07) is 0. The van der Waals surface area contributed by atoms with Gasteiger partial charge < -0.3 is 4.74 Å². The molecule has 0 aliphatic rings. The second-order valence-corrected chi connectivity index (χ2v) is 4.95. The third-order valence-electron chi connectivity index (χ3n) is 2.37. The van der Waals surface area contributed by atoms with Crippen LogP contribution in [0.3, 0.4) is 0 Å². The lowest BCUT2D eigenvalue weighted by Crippen LogP contribution is -2.61. The molecule has 0 bridgehead atoms. The molecule has 3 nitrogen and oxygen atoms in total. The first-order valence-corrected chi connectivity index (χ1v) is 6.76. The minimum absolute atomic E-state index is 0.213. The Labute approximate surface area is 146 Å². The van der Waals surface area contributed by atoms with Crippen LogP contribution in [-0.4, -0.2) is 55.6 Å². The molecule has 0 saturated heterocycles. The van der Waals surface area contributed by atoms with Crippen LogP contribution in [-0.2, 0) is 14.2 Å². The van der Waals surface area contributed by atoms with Crippen molar-refractivity contribution in [2.45, 2.75) is 43.0 Å². The summed E-state index contributed by atoms with van der Waals surface area (Å²) in [5.41, 5.74) is 0. The van der Waals surface area contributed by atoms with Crippen LogP contribution in [0.5, 0.6) is 0 Å². The SMILES string of the molecule is FC(F)(F)OC(F)(F)C(F)(F)OC(F)(F)C(F)(F)C(F)(F)COCCCCl. The minimum atomic E-state index is -7.09. The monoisotopic (exact) mass is 458 g/mol. The van der Waals surface area contributed by atoms with E-state index < -0.39 is 49.7 Å². The first kappa shape index (κ1) is 26.3. The third kappa shape index (κ3) is 6.67. The molecule has 17 heteroatoms. The molecule has 0 rings (SSSR count). The normalized spacial score (nSPS) is 15.3. The highest BCUT2D eigenvalue weighted by Crippen LogP contribution is 2.51. The van der Waals surface area contributed by atoms with E-state index in [2.05, 4.69) is 4.74 Å². The highest BCUT2D eigenvalue weighted by molar-refractivity contribution is 6.17. The van der Waals surface area contributed by atoms with E-state index in [0.29, 0.717) is 0 Å². The molecule has 0 N–H and O–H groups in total. The Hall–Kier alpha value is -0.740. The molecule has 0 aliphatic heterocycles.